The third-order valence-electron chi connectivity index (χ3n) is 7.43. The van der Waals surface area contributed by atoms with Crippen molar-refractivity contribution in [2.75, 3.05) is 25.7 Å². The maximum absolute atomic E-state index is 5.84. The van der Waals surface area contributed by atoms with Crippen molar-refractivity contribution in [3.8, 4) is 11.5 Å². The minimum atomic E-state index is 0.572. The topological polar surface area (TPSA) is 144 Å². The van der Waals surface area contributed by atoms with E-state index in [-0.39, 0.29) is 0 Å². The van der Waals surface area contributed by atoms with Crippen LogP contribution in [0.1, 0.15) is 11.1 Å². The van der Waals surface area contributed by atoms with Gasteiger partial charge in [0, 0.05) is 15.2 Å². The standard InChI is InChI=1S/C16H13BrN4OS.C16H14N4OS.BHNS/c1-22-10-4-2-9(3-5-10)8-21-15-11(7-19-21)14-13(6-12(15)17)23-16(18)20-14;1-21-11-4-2-10(3-5-11)9-20-13-6-7-14-15(12(13)8-18-20)19-16(17)22-14;1-2-3/h2-7H,8H2,1H3,(H2,18,20);2-8H,9H2,1H3,(H2,17,19);3H. The first kappa shape index (κ1) is 33.4. The Morgan fingerprint density at radius 3 is 1.85 bits per heavy atom. The van der Waals surface area contributed by atoms with Gasteiger partial charge in [-0.3, -0.25) is 9.36 Å². The number of benzene rings is 4. The van der Waals surface area contributed by atoms with Gasteiger partial charge in [0.15, 0.2) is 10.3 Å². The number of hydrogen-bond acceptors (Lipinski definition) is 12. The van der Waals surface area contributed by atoms with Crippen LogP contribution < -0.4 is 20.9 Å². The predicted octanol–water partition coefficient (Wildman–Crippen LogP) is 7.52. The van der Waals surface area contributed by atoms with Crippen LogP contribution in [-0.2, 0) is 13.1 Å². The molecule has 0 saturated heterocycles. The minimum absolute atomic E-state index is 0.572. The molecular formula is C32H28BBrN9O2S3. The van der Waals surface area contributed by atoms with Crippen LogP contribution in [0, 0.1) is 0 Å². The van der Waals surface area contributed by atoms with Crippen LogP contribution in [0.3, 0.4) is 0 Å². The third-order valence-corrected chi connectivity index (χ3v) is 9.71. The number of aromatic nitrogens is 6. The van der Waals surface area contributed by atoms with E-state index in [0.29, 0.717) is 23.4 Å². The molecule has 1 radical (unpaired) electrons. The summed E-state index contributed by atoms with van der Waals surface area (Å²) in [4.78, 5) is 8.84. The first-order valence-electron chi connectivity index (χ1n) is 14.3. The van der Waals surface area contributed by atoms with E-state index >= 15 is 0 Å². The van der Waals surface area contributed by atoms with Gasteiger partial charge in [0.1, 0.15) is 11.5 Å². The van der Waals surface area contributed by atoms with Crippen molar-refractivity contribution in [2.45, 2.75) is 13.1 Å². The van der Waals surface area contributed by atoms with E-state index < -0.39 is 0 Å². The number of ether oxygens (including phenoxy) is 2. The molecule has 0 aliphatic rings. The van der Waals surface area contributed by atoms with Crippen molar-refractivity contribution >= 4 is 112 Å². The van der Waals surface area contributed by atoms with E-state index in [1.807, 2.05) is 70.3 Å². The zero-order valence-electron chi connectivity index (χ0n) is 25.7. The summed E-state index contributed by atoms with van der Waals surface area (Å²) in [5.41, 5.74) is 17.9. The second-order valence-corrected chi connectivity index (χ2v) is 13.5. The summed E-state index contributed by atoms with van der Waals surface area (Å²) in [7, 11) is 7.67. The van der Waals surface area contributed by atoms with Gasteiger partial charge in [0.25, 0.3) is 0 Å². The summed E-state index contributed by atoms with van der Waals surface area (Å²) in [6, 6.07) is 22.2. The van der Waals surface area contributed by atoms with Crippen molar-refractivity contribution in [3.63, 3.8) is 0 Å². The van der Waals surface area contributed by atoms with Gasteiger partial charge in [-0.15, -0.1) is 0 Å². The molecule has 0 atom stereocenters. The number of hydrogen-bond donors (Lipinski definition) is 3. The number of anilines is 2. The van der Waals surface area contributed by atoms with E-state index in [4.69, 9.17) is 20.9 Å². The quantitative estimate of drug-likeness (QED) is 0.117. The molecule has 0 fully saturated rings. The zero-order chi connectivity index (χ0) is 33.8. The molecule has 4 N–H and O–H groups in total. The van der Waals surface area contributed by atoms with Crippen LogP contribution in [0.4, 0.5) is 10.3 Å². The molecule has 0 unspecified atom stereocenters. The van der Waals surface area contributed by atoms with Crippen molar-refractivity contribution in [2.24, 2.45) is 4.30 Å². The average molecular weight is 758 g/mol. The Balaban J connectivity index is 0.000000155. The summed E-state index contributed by atoms with van der Waals surface area (Å²) in [6.45, 7) is 1.38. The first-order valence-corrected chi connectivity index (χ1v) is 17.1. The Kier molecular flexibility index (Phi) is 10.2. The second-order valence-electron chi connectivity index (χ2n) is 10.3. The molecule has 16 heteroatoms. The van der Waals surface area contributed by atoms with Crippen LogP contribution in [0.5, 0.6) is 11.5 Å². The Bertz CT molecular complexity index is 2350. The fraction of sp³-hybridized carbons (Fsp3) is 0.125. The van der Waals surface area contributed by atoms with Gasteiger partial charge in [-0.1, -0.05) is 46.9 Å². The number of halogens is 1. The third kappa shape index (κ3) is 7.01. The number of methoxy groups -OCH3 is 2. The molecule has 48 heavy (non-hydrogen) atoms. The number of fused-ring (bicyclic) bond motifs is 6. The van der Waals surface area contributed by atoms with Gasteiger partial charge in [-0.2, -0.15) is 10.2 Å². The molecule has 4 aromatic carbocycles. The van der Waals surface area contributed by atoms with Crippen LogP contribution >= 0.6 is 51.4 Å². The summed E-state index contributed by atoms with van der Waals surface area (Å²) in [5.74, 6) is 1.70. The van der Waals surface area contributed by atoms with Gasteiger partial charge in [0.05, 0.1) is 71.2 Å². The van der Waals surface area contributed by atoms with Crippen LogP contribution in [0.2, 0.25) is 0 Å². The van der Waals surface area contributed by atoms with E-state index in [0.717, 1.165) is 63.8 Å². The van der Waals surface area contributed by atoms with Crippen molar-refractivity contribution in [1.29, 1.82) is 0 Å². The first-order chi connectivity index (χ1) is 23.3. The molecule has 0 aliphatic carbocycles. The number of thiol groups is 1. The molecule has 0 saturated carbocycles. The Labute approximate surface area is 298 Å². The van der Waals surface area contributed by atoms with Gasteiger partial charge >= 0.3 is 24.8 Å². The van der Waals surface area contributed by atoms with E-state index in [1.165, 1.54) is 28.2 Å². The van der Waals surface area contributed by atoms with Crippen molar-refractivity contribution in [3.05, 3.63) is 94.7 Å². The van der Waals surface area contributed by atoms with Crippen molar-refractivity contribution in [1.82, 2.24) is 29.5 Å². The fourth-order valence-corrected chi connectivity index (χ4v) is 7.59. The van der Waals surface area contributed by atoms with E-state index in [9.17, 15) is 0 Å². The van der Waals surface area contributed by atoms with E-state index in [2.05, 4.69) is 79.0 Å². The molecule has 8 rings (SSSR count). The molecule has 0 spiro atoms. The normalized spacial score (nSPS) is 10.9. The molecule has 8 aromatic rings. The molecule has 4 aromatic heterocycles. The average Bonchev–Trinajstić information content (AvgIpc) is 3.87. The second kappa shape index (κ2) is 14.7. The monoisotopic (exact) mass is 756 g/mol. The summed E-state index contributed by atoms with van der Waals surface area (Å²) in [6.07, 6.45) is 3.71. The Morgan fingerprint density at radius 1 is 0.771 bits per heavy atom. The van der Waals surface area contributed by atoms with Crippen LogP contribution in [0.25, 0.3) is 42.2 Å². The SMILES string of the molecule is COc1ccc(Cn2ncc3c4nc(N)sc4cc(Br)c32)cc1.COc1ccc(Cn2ncc3c4nc(N)sc4ccc32)cc1.[B]=NS. The number of thiazole rings is 2. The van der Waals surface area contributed by atoms with Gasteiger partial charge in [0.2, 0.25) is 0 Å². The molecule has 0 amide bonds. The van der Waals surface area contributed by atoms with Crippen LogP contribution in [-0.4, -0.2) is 51.4 Å². The molecule has 0 bridgehead atoms. The summed E-state index contributed by atoms with van der Waals surface area (Å²) >= 11 is 9.83. The predicted molar refractivity (Wildman–Crippen MR) is 204 cm³/mol. The summed E-state index contributed by atoms with van der Waals surface area (Å²) < 4.78 is 20.2. The van der Waals surface area contributed by atoms with Crippen molar-refractivity contribution < 1.29 is 9.47 Å². The maximum atomic E-state index is 5.84. The number of nitrogens with zero attached hydrogens (tertiary/aromatic N) is 7. The molecule has 11 nitrogen and oxygen atoms in total. The van der Waals surface area contributed by atoms with Gasteiger partial charge in [-0.25, -0.2) is 9.97 Å². The van der Waals surface area contributed by atoms with E-state index in [1.54, 1.807) is 14.2 Å². The number of rotatable bonds is 6. The zero-order valence-corrected chi connectivity index (χ0v) is 29.9. The van der Waals surface area contributed by atoms with Gasteiger partial charge in [-0.05, 0) is 69.5 Å². The number of nitrogen functional groups attached to an aromatic ring is 2. The fourth-order valence-electron chi connectivity index (χ4n) is 5.25. The molecule has 0 aliphatic heterocycles. The molecular weight excluding hydrogens is 729 g/mol. The summed E-state index contributed by atoms with van der Waals surface area (Å²) in [5, 5.41) is 12.2. The molecule has 4 heterocycles. The Morgan fingerprint density at radius 2 is 1.27 bits per heavy atom. The van der Waals surface area contributed by atoms with Gasteiger partial charge < -0.3 is 20.9 Å². The van der Waals surface area contributed by atoms with Crippen LogP contribution in [0.15, 0.2) is 87.9 Å². The Hall–Kier alpha value is -4.51. The molecule has 241 valence electrons. The number of nitrogens with two attached hydrogens (primary N) is 2.